The Labute approximate surface area is 160 Å². The van der Waals surface area contributed by atoms with E-state index >= 15 is 0 Å². The van der Waals surface area contributed by atoms with E-state index in [0.29, 0.717) is 24.1 Å². The molecule has 2 aromatic carbocycles. The Morgan fingerprint density at radius 3 is 2.66 bits per heavy atom. The van der Waals surface area contributed by atoms with E-state index in [1.807, 2.05) is 0 Å². The molecule has 0 saturated heterocycles. The van der Waals surface area contributed by atoms with Crippen molar-refractivity contribution in [2.75, 3.05) is 0 Å². The number of phenols is 1. The highest BCUT2D eigenvalue weighted by Gasteiger charge is 2.31. The van der Waals surface area contributed by atoms with E-state index in [0.717, 1.165) is 18.2 Å². The molecule has 10 heteroatoms. The second kappa shape index (κ2) is 6.43. The third kappa shape index (κ3) is 3.22. The van der Waals surface area contributed by atoms with E-state index in [1.165, 1.54) is 22.8 Å². The van der Waals surface area contributed by atoms with Gasteiger partial charge in [-0.15, -0.1) is 0 Å². The zero-order valence-corrected chi connectivity index (χ0v) is 14.6. The fourth-order valence-corrected chi connectivity index (χ4v) is 3.31. The number of halogens is 3. The van der Waals surface area contributed by atoms with Gasteiger partial charge in [0, 0.05) is 12.6 Å². The molecule has 3 aromatic rings. The van der Waals surface area contributed by atoms with Crippen LogP contribution in [0.5, 0.6) is 5.75 Å². The summed E-state index contributed by atoms with van der Waals surface area (Å²) in [5, 5.41) is 20.6. The molecule has 0 amide bonds. The maximum atomic E-state index is 13.0. The van der Waals surface area contributed by atoms with Gasteiger partial charge >= 0.3 is 11.9 Å². The number of aromatic nitrogens is 2. The van der Waals surface area contributed by atoms with E-state index in [-0.39, 0.29) is 16.7 Å². The van der Waals surface area contributed by atoms with Crippen LogP contribution in [0.3, 0.4) is 0 Å². The van der Waals surface area contributed by atoms with Gasteiger partial charge in [-0.2, -0.15) is 13.2 Å². The molecule has 0 unspecified atom stereocenters. The predicted octanol–water partition coefficient (Wildman–Crippen LogP) is 3.97. The molecule has 7 nitrogen and oxygen atoms in total. The Morgan fingerprint density at radius 1 is 1.21 bits per heavy atom. The molecule has 0 atom stereocenters. The Hall–Kier alpha value is -3.69. The molecule has 1 aliphatic rings. The van der Waals surface area contributed by atoms with E-state index in [2.05, 4.69) is 4.98 Å². The van der Waals surface area contributed by atoms with Crippen LogP contribution in [0, 0.1) is 10.1 Å². The van der Waals surface area contributed by atoms with Gasteiger partial charge < -0.3 is 5.11 Å². The van der Waals surface area contributed by atoms with Crippen molar-refractivity contribution in [1.82, 2.24) is 9.55 Å². The van der Waals surface area contributed by atoms with Gasteiger partial charge in [-0.25, -0.2) is 4.98 Å². The maximum absolute atomic E-state index is 13.0. The number of hydrogen-bond acceptors (Lipinski definition) is 5. The summed E-state index contributed by atoms with van der Waals surface area (Å²) in [6.45, 7) is 0.296. The van der Waals surface area contributed by atoms with Gasteiger partial charge in [0.15, 0.2) is 5.75 Å². The first-order chi connectivity index (χ1) is 13.6. The second-order valence-electron chi connectivity index (χ2n) is 6.55. The van der Waals surface area contributed by atoms with Crippen molar-refractivity contribution in [2.24, 2.45) is 0 Å². The highest BCUT2D eigenvalue weighted by molar-refractivity contribution is 5.85. The van der Waals surface area contributed by atoms with Gasteiger partial charge in [-0.05, 0) is 47.9 Å². The fourth-order valence-electron chi connectivity index (χ4n) is 3.31. The number of nitro groups is 1. The van der Waals surface area contributed by atoms with Crippen LogP contribution in [-0.4, -0.2) is 19.6 Å². The number of aromatic hydroxyl groups is 1. The lowest BCUT2D eigenvalue weighted by Crippen LogP contribution is -2.21. The largest absolute Gasteiger partial charge is 0.502 e. The van der Waals surface area contributed by atoms with Gasteiger partial charge in [0.05, 0.1) is 21.4 Å². The van der Waals surface area contributed by atoms with E-state index < -0.39 is 33.7 Å². The predicted molar refractivity (Wildman–Crippen MR) is 98.3 cm³/mol. The molecule has 0 fully saturated rings. The summed E-state index contributed by atoms with van der Waals surface area (Å²) in [7, 11) is 0. The lowest BCUT2D eigenvalue weighted by Gasteiger charge is -2.09. The molecule has 1 aliphatic heterocycles. The van der Waals surface area contributed by atoms with Gasteiger partial charge in [-0.1, -0.05) is 6.07 Å². The van der Waals surface area contributed by atoms with Crippen LogP contribution in [-0.2, 0) is 12.7 Å². The minimum Gasteiger partial charge on any atom is -0.502 e. The minimum absolute atomic E-state index is 0.0689. The van der Waals surface area contributed by atoms with Crippen LogP contribution in [0.1, 0.15) is 23.4 Å². The fraction of sp³-hybridized carbons (Fsp3) is 0.158. The van der Waals surface area contributed by atoms with Crippen LogP contribution in [0.2, 0.25) is 0 Å². The summed E-state index contributed by atoms with van der Waals surface area (Å²) in [6.07, 6.45) is -2.61. The molecule has 4 rings (SSSR count). The highest BCUT2D eigenvalue weighted by atomic mass is 19.4. The Balaban J connectivity index is 1.86. The maximum Gasteiger partial charge on any atom is 0.416 e. The van der Waals surface area contributed by atoms with Crippen LogP contribution < -0.4 is 5.56 Å². The molecule has 29 heavy (non-hydrogen) atoms. The Morgan fingerprint density at radius 2 is 1.97 bits per heavy atom. The second-order valence-corrected chi connectivity index (χ2v) is 6.55. The van der Waals surface area contributed by atoms with Gasteiger partial charge in [0.2, 0.25) is 0 Å². The summed E-state index contributed by atoms with van der Waals surface area (Å²) in [5.74, 6) is -0.262. The van der Waals surface area contributed by atoms with Gasteiger partial charge in [0.25, 0.3) is 5.56 Å². The number of fused-ring (bicyclic) bond motifs is 2. The zero-order valence-electron chi connectivity index (χ0n) is 14.6. The lowest BCUT2D eigenvalue weighted by atomic mass is 10.1. The van der Waals surface area contributed by atoms with Crippen molar-refractivity contribution in [3.63, 3.8) is 0 Å². The number of alkyl halides is 3. The minimum atomic E-state index is -4.56. The standard InChI is InChI=1S/C19H12F3N3O4/c20-19(21,22)12-2-3-13-14(9-12)23-17-11(5-6-24(17)18(13)27)7-10-1-4-16(26)15(8-10)25(28)29/h1-4,7-9,26H,5-6H2/b11-7+. The molecular formula is C19H12F3N3O4. The number of phenolic OH excluding ortho intramolecular Hbond substituents is 1. The average Bonchev–Trinajstić information content (AvgIpc) is 3.05. The third-order valence-electron chi connectivity index (χ3n) is 4.71. The zero-order chi connectivity index (χ0) is 20.9. The van der Waals surface area contributed by atoms with Crippen molar-refractivity contribution < 1.29 is 23.2 Å². The number of nitrogens with zero attached hydrogens (tertiary/aromatic N) is 3. The number of benzene rings is 2. The molecule has 2 heterocycles. The Bertz CT molecular complexity index is 1260. The van der Waals surface area contributed by atoms with Crippen LogP contribution in [0.25, 0.3) is 22.6 Å². The monoisotopic (exact) mass is 403 g/mol. The van der Waals surface area contributed by atoms with Crippen LogP contribution in [0.15, 0.2) is 41.2 Å². The average molecular weight is 403 g/mol. The van der Waals surface area contributed by atoms with E-state index in [9.17, 15) is 33.2 Å². The summed E-state index contributed by atoms with van der Waals surface area (Å²) < 4.78 is 40.3. The van der Waals surface area contributed by atoms with Crippen molar-refractivity contribution >= 4 is 28.2 Å². The van der Waals surface area contributed by atoms with E-state index in [1.54, 1.807) is 6.08 Å². The number of allylic oxidation sites excluding steroid dienone is 1. The molecule has 1 aromatic heterocycles. The number of nitro benzene ring substituents is 1. The number of rotatable bonds is 2. The topological polar surface area (TPSA) is 98.3 Å². The summed E-state index contributed by atoms with van der Waals surface area (Å²) in [5.41, 5.74) is -0.937. The molecular weight excluding hydrogens is 391 g/mol. The molecule has 0 spiro atoms. The van der Waals surface area contributed by atoms with Crippen molar-refractivity contribution in [3.05, 3.63) is 73.8 Å². The smallest absolute Gasteiger partial charge is 0.416 e. The first-order valence-corrected chi connectivity index (χ1v) is 8.45. The summed E-state index contributed by atoms with van der Waals surface area (Å²) in [4.78, 5) is 27.2. The normalized spacial score (nSPS) is 15.1. The molecule has 1 N–H and O–H groups in total. The van der Waals surface area contributed by atoms with Crippen LogP contribution in [0.4, 0.5) is 18.9 Å². The van der Waals surface area contributed by atoms with Crippen molar-refractivity contribution in [2.45, 2.75) is 19.1 Å². The molecule has 148 valence electrons. The molecule has 0 radical (unpaired) electrons. The van der Waals surface area contributed by atoms with E-state index in [4.69, 9.17) is 0 Å². The molecule has 0 saturated carbocycles. The SMILES string of the molecule is O=c1c2ccc(C(F)(F)F)cc2nc2n1CC/C2=C\c1ccc(O)c([N+](=O)[O-])c1. The lowest BCUT2D eigenvalue weighted by molar-refractivity contribution is -0.385. The first-order valence-electron chi connectivity index (χ1n) is 8.45. The highest BCUT2D eigenvalue weighted by Crippen LogP contribution is 2.33. The number of hydrogen-bond donors (Lipinski definition) is 1. The first kappa shape index (κ1) is 18.7. The molecule has 0 bridgehead atoms. The van der Waals surface area contributed by atoms with Gasteiger partial charge in [0.1, 0.15) is 5.82 Å². The third-order valence-corrected chi connectivity index (χ3v) is 4.71. The quantitative estimate of drug-likeness (QED) is 0.516. The molecule has 0 aliphatic carbocycles. The van der Waals surface area contributed by atoms with Crippen molar-refractivity contribution in [1.29, 1.82) is 0 Å². The van der Waals surface area contributed by atoms with Gasteiger partial charge in [-0.3, -0.25) is 19.5 Å². The van der Waals surface area contributed by atoms with Crippen molar-refractivity contribution in [3.8, 4) is 5.75 Å². The summed E-state index contributed by atoms with van der Waals surface area (Å²) >= 11 is 0. The Kier molecular flexibility index (Phi) is 4.14. The van der Waals surface area contributed by atoms with Crippen LogP contribution >= 0.6 is 0 Å². The summed E-state index contributed by atoms with van der Waals surface area (Å²) in [6, 6.07) is 6.60.